The summed E-state index contributed by atoms with van der Waals surface area (Å²) in [5, 5.41) is 0. The summed E-state index contributed by atoms with van der Waals surface area (Å²) in [6, 6.07) is 0. The first-order chi connectivity index (χ1) is 1.73. The van der Waals surface area contributed by atoms with Crippen molar-refractivity contribution in [1.29, 1.82) is 0 Å². The van der Waals surface area contributed by atoms with E-state index < -0.39 is 23.6 Å². The molecule has 0 bridgehead atoms. The third-order valence-electron chi connectivity index (χ3n) is 0. The van der Waals surface area contributed by atoms with Gasteiger partial charge in [-0.25, -0.2) is 0 Å². The molecular weight excluding hydrogens is 295 g/mol. The van der Waals surface area contributed by atoms with Crippen LogP contribution < -0.4 is 6.11 Å². The van der Waals surface area contributed by atoms with Crippen LogP contribution in [0.25, 0.3) is 0 Å². The molecule has 0 rings (SSSR count). The van der Waals surface area contributed by atoms with Crippen LogP contribution in [0.1, 0.15) is 0 Å². The van der Waals surface area contributed by atoms with Crippen molar-refractivity contribution in [3.63, 3.8) is 0 Å². The van der Waals surface area contributed by atoms with Gasteiger partial charge in [0.2, 0.25) is 0 Å². The maximum atomic E-state index is 8.63. The summed E-state index contributed by atoms with van der Waals surface area (Å²) in [4.78, 5) is 0. The molecule has 0 aliphatic heterocycles. The van der Waals surface area contributed by atoms with Crippen LogP contribution in [0.5, 0.6) is 0 Å². The SMILES string of the molecule is [Ca+2].[O]=[Pb]([O-])[O-]. The van der Waals surface area contributed by atoms with Gasteiger partial charge in [0, 0.05) is 0 Å². The van der Waals surface area contributed by atoms with Crippen molar-refractivity contribution in [3.05, 3.63) is 0 Å². The number of rotatable bonds is 0. The summed E-state index contributed by atoms with van der Waals surface area (Å²) in [6.45, 7) is 0. The maximum absolute atomic E-state index is 8.63. The number of hydrogen-bond acceptors (Lipinski definition) is 3. The van der Waals surface area contributed by atoms with Crippen molar-refractivity contribution in [2.45, 2.75) is 0 Å². The molecule has 5 heteroatoms. The summed E-state index contributed by atoms with van der Waals surface area (Å²) in [5.74, 6) is 0. The molecule has 0 aliphatic carbocycles. The molecule has 0 atom stereocenters. The molecule has 0 aromatic carbocycles. The van der Waals surface area contributed by atoms with Crippen molar-refractivity contribution in [2.75, 3.05) is 0 Å². The van der Waals surface area contributed by atoms with E-state index in [1.54, 1.807) is 0 Å². The third-order valence-corrected chi connectivity index (χ3v) is 0. The van der Waals surface area contributed by atoms with Crippen LogP contribution in [0.15, 0.2) is 0 Å². The van der Waals surface area contributed by atoms with E-state index in [9.17, 15) is 0 Å². The molecule has 0 N–H and O–H groups in total. The average Bonchev–Trinajstić information content (AvgIpc) is 0.811. The molecule has 5 heavy (non-hydrogen) atoms. The predicted molar refractivity (Wildman–Crippen MR) is 12.2 cm³/mol. The predicted octanol–water partition coefficient (Wildman–Crippen LogP) is -3.26. The van der Waals surface area contributed by atoms with Crippen molar-refractivity contribution >= 4 is 61.4 Å². The molecule has 0 amide bonds. The molecule has 0 saturated heterocycles. The normalized spacial score (nSPS) is 5.20. The minimum absolute atomic E-state index is 0. The molecule has 3 nitrogen and oxygen atoms in total. The Morgan fingerprint density at radius 2 is 1.40 bits per heavy atom. The van der Waals surface area contributed by atoms with E-state index in [1.165, 1.54) is 0 Å². The first-order valence-corrected chi connectivity index (χ1v) is 5.37. The third kappa shape index (κ3) is 24.8. The topological polar surface area (TPSA) is 63.2 Å². The van der Waals surface area contributed by atoms with Crippen molar-refractivity contribution in [1.82, 2.24) is 0 Å². The van der Waals surface area contributed by atoms with Gasteiger partial charge in [0.1, 0.15) is 0 Å². The van der Waals surface area contributed by atoms with Crippen LogP contribution in [-0.4, -0.2) is 61.4 Å². The summed E-state index contributed by atoms with van der Waals surface area (Å²) in [7, 11) is 0. The summed E-state index contributed by atoms with van der Waals surface area (Å²) < 4.78 is 25.9. The van der Waals surface area contributed by atoms with E-state index in [0.29, 0.717) is 0 Å². The Kier molecular flexibility index (Phi) is 11.8. The number of hydrogen-bond donors (Lipinski definition) is 0. The van der Waals surface area contributed by atoms with Crippen LogP contribution in [0.4, 0.5) is 0 Å². The fourth-order valence-electron chi connectivity index (χ4n) is 0. The van der Waals surface area contributed by atoms with E-state index in [0.717, 1.165) is 0 Å². The molecule has 0 unspecified atom stereocenters. The van der Waals surface area contributed by atoms with E-state index >= 15 is 0 Å². The molecule has 24 valence electrons. The monoisotopic (exact) mass is 296 g/mol. The molecule has 0 saturated carbocycles. The van der Waals surface area contributed by atoms with Gasteiger partial charge in [-0.15, -0.1) is 0 Å². The van der Waals surface area contributed by atoms with Crippen molar-refractivity contribution in [2.24, 2.45) is 0 Å². The molecular formula is CaO3Pb. The average molecular weight is 295 g/mol. The zero-order valence-electron chi connectivity index (χ0n) is 2.43. The van der Waals surface area contributed by atoms with Gasteiger partial charge in [0.05, 0.1) is 0 Å². The van der Waals surface area contributed by atoms with E-state index in [2.05, 4.69) is 0 Å². The zero-order valence-corrected chi connectivity index (χ0v) is 8.53. The van der Waals surface area contributed by atoms with Gasteiger partial charge < -0.3 is 0 Å². The molecule has 0 spiro atoms. The van der Waals surface area contributed by atoms with Gasteiger partial charge in [-0.1, -0.05) is 0 Å². The molecule has 0 radical (unpaired) electrons. The molecule has 0 fully saturated rings. The standard InChI is InChI=1S/Ca.3O.Pb/q+2;;2*-1;. The minimum atomic E-state index is -4.41. The van der Waals surface area contributed by atoms with Gasteiger partial charge in [0.15, 0.2) is 0 Å². The van der Waals surface area contributed by atoms with Gasteiger partial charge in [-0.05, 0) is 0 Å². The van der Waals surface area contributed by atoms with Crippen molar-refractivity contribution < 1.29 is 8.80 Å². The van der Waals surface area contributed by atoms with Gasteiger partial charge in [-0.2, -0.15) is 0 Å². The molecule has 0 aromatic rings. The fourth-order valence-corrected chi connectivity index (χ4v) is 0. The second kappa shape index (κ2) is 5.90. The first-order valence-electron chi connectivity index (χ1n) is 0.612. The van der Waals surface area contributed by atoms with Crippen LogP contribution >= 0.6 is 0 Å². The quantitative estimate of drug-likeness (QED) is 0.441. The Labute approximate surface area is 68.9 Å². The molecule has 0 heterocycles. The van der Waals surface area contributed by atoms with Gasteiger partial charge in [0.25, 0.3) is 0 Å². The van der Waals surface area contributed by atoms with E-state index in [4.69, 9.17) is 8.80 Å². The van der Waals surface area contributed by atoms with E-state index in [1.807, 2.05) is 0 Å². The van der Waals surface area contributed by atoms with Crippen LogP contribution in [0.3, 0.4) is 0 Å². The Hall–Kier alpha value is 1.90. The van der Waals surface area contributed by atoms with E-state index in [-0.39, 0.29) is 37.7 Å². The van der Waals surface area contributed by atoms with Crippen LogP contribution in [0, 0.1) is 0 Å². The molecule has 0 aliphatic rings. The summed E-state index contributed by atoms with van der Waals surface area (Å²) >= 11 is -4.41. The summed E-state index contributed by atoms with van der Waals surface area (Å²) in [5.41, 5.74) is 0. The van der Waals surface area contributed by atoms with Crippen LogP contribution in [-0.2, 0) is 2.69 Å². The Morgan fingerprint density at radius 3 is 1.40 bits per heavy atom. The zero-order chi connectivity index (χ0) is 3.58. The Morgan fingerprint density at radius 1 is 1.40 bits per heavy atom. The second-order valence-corrected chi connectivity index (χ2v) is 2.19. The van der Waals surface area contributed by atoms with Gasteiger partial charge >= 0.3 is 70.2 Å². The van der Waals surface area contributed by atoms with Gasteiger partial charge in [-0.3, -0.25) is 0 Å². The Bertz CT molecular complexity index is 29.9. The first kappa shape index (κ1) is 10.0. The molecule has 0 aromatic heterocycles. The Balaban J connectivity index is 0. The van der Waals surface area contributed by atoms with Crippen molar-refractivity contribution in [3.8, 4) is 0 Å². The summed E-state index contributed by atoms with van der Waals surface area (Å²) in [6.07, 6.45) is 0. The van der Waals surface area contributed by atoms with Crippen LogP contribution in [0.2, 0.25) is 0 Å². The second-order valence-electron chi connectivity index (χ2n) is 0.250. The fraction of sp³-hybridized carbons (Fsp3) is 0.